The maximum atomic E-state index is 14.3. The van der Waals surface area contributed by atoms with Gasteiger partial charge in [-0.15, -0.1) is 0 Å². The molecule has 0 aromatic rings. The van der Waals surface area contributed by atoms with Crippen LogP contribution in [0.3, 0.4) is 0 Å². The van der Waals surface area contributed by atoms with Crippen LogP contribution in [0.25, 0.3) is 0 Å². The third-order valence-corrected chi connectivity index (χ3v) is 11.0. The summed E-state index contributed by atoms with van der Waals surface area (Å²) in [6.45, 7) is 11.4. The Morgan fingerprint density at radius 1 is 0.656 bits per heavy atom. The molecule has 24 nitrogen and oxygen atoms in total. The summed E-state index contributed by atoms with van der Waals surface area (Å²) in [5.74, 6) is -6.57. The fourth-order valence-corrected chi connectivity index (χ4v) is 6.71. The molecule has 1 aliphatic heterocycles. The van der Waals surface area contributed by atoms with Crippen molar-refractivity contribution < 1.29 is 48.6 Å². The number of aliphatic hydroxyl groups is 2. The SMILES string of the molecule is CC[C@H](C)[C@H](NC(=O)[C@@H]1CCCN1C(=O)[C@@H](NC(=O)[C@@H](NC(=O)[C@H](CCCN=C(N)N)NC(=O)[C@H](C)N)[C@@H](C)O)[C@@H](C)CC)C(=O)N[C@H](C(=O)N[C@H](C=O)CCCN=C(N)N)[C@@H](C)O. The van der Waals surface area contributed by atoms with E-state index < -0.39 is 114 Å². The third kappa shape index (κ3) is 18.6. The van der Waals surface area contributed by atoms with Gasteiger partial charge in [-0.1, -0.05) is 40.5 Å². The van der Waals surface area contributed by atoms with Crippen molar-refractivity contribution in [1.29, 1.82) is 0 Å². The minimum atomic E-state index is -1.58. The van der Waals surface area contributed by atoms with Crippen molar-refractivity contribution in [3.63, 3.8) is 0 Å². The average Bonchev–Trinajstić information content (AvgIpc) is 3.73. The normalized spacial score (nSPS) is 18.7. The number of carbonyl (C=O) groups is 8. The van der Waals surface area contributed by atoms with E-state index in [9.17, 15) is 48.6 Å². The lowest BCUT2D eigenvalue weighted by atomic mass is 9.95. The molecular formula is C40H74N14O10. The second kappa shape index (κ2) is 28.2. The van der Waals surface area contributed by atoms with Crippen molar-refractivity contribution in [3.8, 4) is 0 Å². The van der Waals surface area contributed by atoms with Crippen molar-refractivity contribution in [2.45, 2.75) is 160 Å². The number of guanidine groups is 2. The van der Waals surface area contributed by atoms with Crippen LogP contribution in [-0.2, 0) is 38.4 Å². The second-order valence-electron chi connectivity index (χ2n) is 16.4. The number of rotatable bonds is 28. The summed E-state index contributed by atoms with van der Waals surface area (Å²) in [4.78, 5) is 116. The van der Waals surface area contributed by atoms with Gasteiger partial charge in [0, 0.05) is 19.6 Å². The van der Waals surface area contributed by atoms with E-state index in [1.54, 1.807) is 27.7 Å². The molecule has 1 rings (SSSR count). The largest absolute Gasteiger partial charge is 0.391 e. The Morgan fingerprint density at radius 2 is 1.12 bits per heavy atom. The summed E-state index contributed by atoms with van der Waals surface area (Å²) in [6, 6.07) is -9.74. The Balaban J connectivity index is 3.28. The quantitative estimate of drug-likeness (QED) is 0.0152. The molecule has 0 saturated carbocycles. The lowest BCUT2D eigenvalue weighted by Crippen LogP contribution is -2.63. The standard InChI is InChI=1S/C40H74N14O10/c1-8-20(3)28(35(61)53-30(23(6)56)36(62)48-25(19-55)13-10-16-46-39(42)43)50-34(60)27-15-12-18-54(27)38(64)29(21(4)9-2)51-37(63)31(24(7)57)52-33(59)26(49-32(58)22(5)41)14-11-17-47-40(44)45/h19-31,56-57H,8-18,41H2,1-7H3,(H,48,62)(H,49,58)(H,50,60)(H,51,63)(H,52,59)(H,53,61)(H4,42,43,46)(H4,44,45,47)/t20-,21-,22-,23+,24+,25-,26-,27-,28-,29-,30-,31-/m0/s1. The molecule has 1 saturated heterocycles. The zero-order valence-electron chi connectivity index (χ0n) is 38.2. The highest BCUT2D eigenvalue weighted by Gasteiger charge is 2.42. The third-order valence-electron chi connectivity index (χ3n) is 11.0. The molecule has 0 unspecified atom stereocenters. The minimum absolute atomic E-state index is 0.0448. The van der Waals surface area contributed by atoms with Crippen LogP contribution in [0, 0.1) is 11.8 Å². The Hall–Kier alpha value is -5.62. The van der Waals surface area contributed by atoms with Gasteiger partial charge in [-0.2, -0.15) is 0 Å². The molecule has 24 heteroatoms. The van der Waals surface area contributed by atoms with Crippen molar-refractivity contribution in [2.24, 2.45) is 50.5 Å². The van der Waals surface area contributed by atoms with Gasteiger partial charge in [0.15, 0.2) is 11.9 Å². The number of aldehydes is 1. The van der Waals surface area contributed by atoms with Gasteiger partial charge in [0.1, 0.15) is 42.5 Å². The van der Waals surface area contributed by atoms with E-state index >= 15 is 0 Å². The molecular weight excluding hydrogens is 837 g/mol. The molecule has 1 fully saturated rings. The summed E-state index contributed by atoms with van der Waals surface area (Å²) >= 11 is 0. The monoisotopic (exact) mass is 911 g/mol. The topological polar surface area (TPSA) is 407 Å². The highest BCUT2D eigenvalue weighted by atomic mass is 16.3. The van der Waals surface area contributed by atoms with Crippen molar-refractivity contribution in [3.05, 3.63) is 0 Å². The number of amides is 7. The van der Waals surface area contributed by atoms with Gasteiger partial charge < -0.3 is 80.5 Å². The number of nitrogens with zero attached hydrogens (tertiary/aromatic N) is 3. The summed E-state index contributed by atoms with van der Waals surface area (Å²) in [6.07, 6.45) is -0.120. The zero-order chi connectivity index (χ0) is 48.8. The molecule has 0 radical (unpaired) electrons. The van der Waals surface area contributed by atoms with Crippen LogP contribution in [0.4, 0.5) is 0 Å². The smallest absolute Gasteiger partial charge is 0.246 e. The average molecular weight is 911 g/mol. The number of hydrogen-bond acceptors (Lipinski definition) is 13. The van der Waals surface area contributed by atoms with Gasteiger partial charge >= 0.3 is 0 Å². The van der Waals surface area contributed by atoms with Crippen molar-refractivity contribution in [1.82, 2.24) is 36.8 Å². The molecule has 0 aromatic carbocycles. The molecule has 0 bridgehead atoms. The first-order valence-corrected chi connectivity index (χ1v) is 21.8. The minimum Gasteiger partial charge on any atom is -0.391 e. The van der Waals surface area contributed by atoms with E-state index in [-0.39, 0.29) is 57.2 Å². The Kier molecular flexibility index (Phi) is 24.9. The maximum absolute atomic E-state index is 14.3. The first kappa shape index (κ1) is 56.4. The van der Waals surface area contributed by atoms with Crippen LogP contribution in [0.2, 0.25) is 0 Å². The number of likely N-dealkylation sites (tertiary alicyclic amines) is 1. The van der Waals surface area contributed by atoms with E-state index in [0.29, 0.717) is 32.0 Å². The summed E-state index contributed by atoms with van der Waals surface area (Å²) < 4.78 is 0. The molecule has 12 atom stereocenters. The van der Waals surface area contributed by atoms with Crippen LogP contribution < -0.4 is 60.6 Å². The van der Waals surface area contributed by atoms with Crippen molar-refractivity contribution in [2.75, 3.05) is 19.6 Å². The van der Waals surface area contributed by atoms with E-state index in [1.807, 2.05) is 0 Å². The molecule has 0 aromatic heterocycles. The Labute approximate surface area is 374 Å². The molecule has 1 heterocycles. The van der Waals surface area contributed by atoms with Crippen LogP contribution in [0.1, 0.15) is 99.8 Å². The molecule has 7 amide bonds. The van der Waals surface area contributed by atoms with E-state index in [1.165, 1.54) is 25.7 Å². The number of nitrogens with two attached hydrogens (primary N) is 5. The lowest BCUT2D eigenvalue weighted by molar-refractivity contribution is -0.144. The number of aliphatic imine (C=N–C) groups is 2. The molecule has 64 heavy (non-hydrogen) atoms. The lowest BCUT2D eigenvalue weighted by Gasteiger charge is -2.34. The van der Waals surface area contributed by atoms with Gasteiger partial charge in [0.25, 0.3) is 0 Å². The Morgan fingerprint density at radius 3 is 1.61 bits per heavy atom. The molecule has 364 valence electrons. The first-order valence-electron chi connectivity index (χ1n) is 21.8. The molecule has 1 aliphatic rings. The van der Waals surface area contributed by atoms with Gasteiger partial charge in [-0.25, -0.2) is 0 Å². The number of hydrogen-bond donors (Lipinski definition) is 13. The second-order valence-corrected chi connectivity index (χ2v) is 16.4. The molecule has 0 aliphatic carbocycles. The van der Waals surface area contributed by atoms with Crippen LogP contribution in [0.5, 0.6) is 0 Å². The fourth-order valence-electron chi connectivity index (χ4n) is 6.71. The van der Waals surface area contributed by atoms with Crippen molar-refractivity contribution >= 4 is 59.6 Å². The van der Waals surface area contributed by atoms with E-state index in [0.717, 1.165) is 0 Å². The molecule has 18 N–H and O–H groups in total. The fraction of sp³-hybridized carbons (Fsp3) is 0.750. The van der Waals surface area contributed by atoms with Crippen LogP contribution in [-0.4, -0.2) is 155 Å². The predicted octanol–water partition coefficient (Wildman–Crippen LogP) is -4.61. The molecule has 0 spiro atoms. The maximum Gasteiger partial charge on any atom is 0.246 e. The predicted molar refractivity (Wildman–Crippen MR) is 238 cm³/mol. The summed E-state index contributed by atoms with van der Waals surface area (Å²) in [7, 11) is 0. The van der Waals surface area contributed by atoms with Gasteiger partial charge in [0.2, 0.25) is 41.4 Å². The van der Waals surface area contributed by atoms with Gasteiger partial charge in [-0.05, 0) is 71.1 Å². The van der Waals surface area contributed by atoms with Gasteiger partial charge in [0.05, 0.1) is 24.3 Å². The number of aliphatic hydroxyl groups excluding tert-OH is 2. The van der Waals surface area contributed by atoms with E-state index in [2.05, 4.69) is 41.9 Å². The summed E-state index contributed by atoms with van der Waals surface area (Å²) in [5, 5.41) is 36.6. The summed E-state index contributed by atoms with van der Waals surface area (Å²) in [5.41, 5.74) is 27.1. The van der Waals surface area contributed by atoms with E-state index in [4.69, 9.17) is 28.7 Å². The highest BCUT2D eigenvalue weighted by Crippen LogP contribution is 2.23. The first-order chi connectivity index (χ1) is 30.0. The highest BCUT2D eigenvalue weighted by molar-refractivity contribution is 5.98. The van der Waals surface area contributed by atoms with Gasteiger partial charge in [-0.3, -0.25) is 43.5 Å². The zero-order valence-corrected chi connectivity index (χ0v) is 38.2. The Bertz CT molecular complexity index is 1640. The van der Waals surface area contributed by atoms with Crippen LogP contribution >= 0.6 is 0 Å². The number of carbonyl (C=O) groups excluding carboxylic acids is 8. The number of nitrogens with one attached hydrogen (secondary N) is 6. The van der Waals surface area contributed by atoms with Crippen LogP contribution in [0.15, 0.2) is 9.98 Å².